The van der Waals surface area contributed by atoms with E-state index in [2.05, 4.69) is 120 Å². The fourth-order valence-corrected chi connectivity index (χ4v) is 8.58. The summed E-state index contributed by atoms with van der Waals surface area (Å²) in [5, 5.41) is 5.73. The van der Waals surface area contributed by atoms with Crippen LogP contribution in [0.4, 0.5) is 0 Å². The Morgan fingerprint density at radius 3 is 0.929 bits per heavy atom. The number of nitrogens with zero attached hydrogens (tertiary/aromatic N) is 2. The first-order valence-corrected chi connectivity index (χ1v) is 15.5. The average Bonchev–Trinajstić information content (AvgIpc) is 3.43. The highest BCUT2D eigenvalue weighted by molar-refractivity contribution is 6.20. The summed E-state index contributed by atoms with van der Waals surface area (Å²) in [6.45, 7) is 32.6. The number of aromatic nitrogens is 2. The van der Waals surface area contributed by atoms with Gasteiger partial charge >= 0.3 is 0 Å². The van der Waals surface area contributed by atoms with E-state index in [1.54, 1.807) is 0 Å². The van der Waals surface area contributed by atoms with E-state index in [1.807, 2.05) is 0 Å². The van der Waals surface area contributed by atoms with Gasteiger partial charge < -0.3 is 9.13 Å². The van der Waals surface area contributed by atoms with Crippen LogP contribution in [-0.2, 0) is 14.1 Å². The van der Waals surface area contributed by atoms with E-state index in [1.165, 1.54) is 133 Å². The first-order valence-electron chi connectivity index (χ1n) is 15.5. The van der Waals surface area contributed by atoms with Crippen LogP contribution < -0.4 is 0 Å². The largest absolute Gasteiger partial charge is 0.343 e. The van der Waals surface area contributed by atoms with E-state index in [-0.39, 0.29) is 0 Å². The molecule has 2 nitrogen and oxygen atoms in total. The van der Waals surface area contributed by atoms with Crippen LogP contribution in [0.3, 0.4) is 0 Å². The van der Waals surface area contributed by atoms with Crippen molar-refractivity contribution in [2.75, 3.05) is 0 Å². The van der Waals surface area contributed by atoms with Crippen LogP contribution >= 0.6 is 0 Å². The maximum Gasteiger partial charge on any atom is 0.0574 e. The first kappa shape index (κ1) is 28.6. The van der Waals surface area contributed by atoms with Gasteiger partial charge in [0.05, 0.1) is 22.1 Å². The predicted molar refractivity (Wildman–Crippen MR) is 186 cm³/mol. The second-order valence-corrected chi connectivity index (χ2v) is 13.5. The van der Waals surface area contributed by atoms with Crippen molar-refractivity contribution in [2.24, 2.45) is 14.1 Å². The molecule has 0 spiro atoms. The molecular formula is C40H48N2. The SMILES string of the molecule is Cc1c(C)c(C)c2c(c1C)c1c(C)c(-c3c(C)c(C)c(C)c4c5c(C)c(C)c(C)c(C)c5n(C)c34)c(C)c(C)c1n2C. The molecule has 218 valence electrons. The third-order valence-corrected chi connectivity index (χ3v) is 12.0. The van der Waals surface area contributed by atoms with Gasteiger partial charge in [-0.1, -0.05) is 0 Å². The van der Waals surface area contributed by atoms with Crippen molar-refractivity contribution in [1.29, 1.82) is 0 Å². The third kappa shape index (κ3) is 3.16. The van der Waals surface area contributed by atoms with E-state index in [9.17, 15) is 0 Å². The number of rotatable bonds is 1. The van der Waals surface area contributed by atoms with Gasteiger partial charge in [0.15, 0.2) is 0 Å². The average molecular weight is 557 g/mol. The van der Waals surface area contributed by atoms with Gasteiger partial charge in [0.25, 0.3) is 0 Å². The zero-order valence-electron chi connectivity index (χ0n) is 28.9. The van der Waals surface area contributed by atoms with Crippen LogP contribution in [-0.4, -0.2) is 9.13 Å². The monoisotopic (exact) mass is 556 g/mol. The molecule has 2 heteroatoms. The van der Waals surface area contributed by atoms with Gasteiger partial charge in [-0.3, -0.25) is 0 Å². The summed E-state index contributed by atoms with van der Waals surface area (Å²) in [5.41, 5.74) is 28.1. The Kier molecular flexibility index (Phi) is 6.12. The summed E-state index contributed by atoms with van der Waals surface area (Å²) in [7, 11) is 4.58. The van der Waals surface area contributed by atoms with E-state index < -0.39 is 0 Å². The lowest BCUT2D eigenvalue weighted by Crippen LogP contribution is -2.03. The lowest BCUT2D eigenvalue weighted by molar-refractivity contribution is 0.994. The van der Waals surface area contributed by atoms with Crippen molar-refractivity contribution in [1.82, 2.24) is 9.13 Å². The number of benzene rings is 4. The minimum Gasteiger partial charge on any atom is -0.343 e. The fraction of sp³-hybridized carbons (Fsp3) is 0.400. The van der Waals surface area contributed by atoms with Crippen LogP contribution in [0, 0.1) is 96.9 Å². The van der Waals surface area contributed by atoms with Gasteiger partial charge in [0, 0.05) is 41.2 Å². The molecule has 0 radical (unpaired) electrons. The lowest BCUT2D eigenvalue weighted by atomic mass is 9.82. The summed E-state index contributed by atoms with van der Waals surface area (Å²) in [6, 6.07) is 0. The molecular weight excluding hydrogens is 508 g/mol. The van der Waals surface area contributed by atoms with Crippen LogP contribution in [0.25, 0.3) is 54.7 Å². The molecule has 42 heavy (non-hydrogen) atoms. The smallest absolute Gasteiger partial charge is 0.0574 e. The van der Waals surface area contributed by atoms with Crippen molar-refractivity contribution >= 4 is 43.6 Å². The molecule has 0 fully saturated rings. The highest BCUT2D eigenvalue weighted by Gasteiger charge is 2.28. The number of hydrogen-bond acceptors (Lipinski definition) is 0. The third-order valence-electron chi connectivity index (χ3n) is 12.0. The summed E-state index contributed by atoms with van der Waals surface area (Å²) < 4.78 is 5.01. The van der Waals surface area contributed by atoms with E-state index in [0.717, 1.165) is 0 Å². The molecule has 0 aliphatic heterocycles. The first-order chi connectivity index (χ1) is 19.6. The topological polar surface area (TPSA) is 9.86 Å². The Morgan fingerprint density at radius 2 is 0.500 bits per heavy atom. The fourth-order valence-electron chi connectivity index (χ4n) is 8.58. The van der Waals surface area contributed by atoms with Gasteiger partial charge in [-0.2, -0.15) is 0 Å². The number of hydrogen-bond donors (Lipinski definition) is 0. The highest BCUT2D eigenvalue weighted by atomic mass is 15.0. The molecule has 0 N–H and O–H groups in total. The highest BCUT2D eigenvalue weighted by Crippen LogP contribution is 2.49. The molecule has 2 heterocycles. The molecule has 0 aliphatic carbocycles. The molecule has 0 unspecified atom stereocenters. The van der Waals surface area contributed by atoms with Gasteiger partial charge in [-0.05, 0) is 180 Å². The van der Waals surface area contributed by atoms with Crippen molar-refractivity contribution in [2.45, 2.75) is 96.9 Å². The lowest BCUT2D eigenvalue weighted by Gasteiger charge is -2.22. The minimum atomic E-state index is 1.38. The molecule has 6 rings (SSSR count). The molecule has 2 aromatic heterocycles. The molecule has 4 aromatic carbocycles. The predicted octanol–water partition coefficient (Wildman–Crippen LogP) is 11.0. The number of fused-ring (bicyclic) bond motifs is 6. The zero-order valence-corrected chi connectivity index (χ0v) is 28.9. The molecule has 0 saturated carbocycles. The van der Waals surface area contributed by atoms with Gasteiger partial charge in [0.2, 0.25) is 0 Å². The van der Waals surface area contributed by atoms with Crippen LogP contribution in [0.1, 0.15) is 77.9 Å². The molecule has 0 atom stereocenters. The van der Waals surface area contributed by atoms with E-state index in [4.69, 9.17) is 0 Å². The maximum atomic E-state index is 2.53. The van der Waals surface area contributed by atoms with Crippen LogP contribution in [0.15, 0.2) is 0 Å². The van der Waals surface area contributed by atoms with Crippen molar-refractivity contribution in [3.8, 4) is 11.1 Å². The number of aryl methyl sites for hydroxylation is 9. The molecule has 0 bridgehead atoms. The van der Waals surface area contributed by atoms with E-state index >= 15 is 0 Å². The Morgan fingerprint density at radius 1 is 0.238 bits per heavy atom. The van der Waals surface area contributed by atoms with Crippen molar-refractivity contribution in [3.05, 3.63) is 77.9 Å². The van der Waals surface area contributed by atoms with Crippen LogP contribution in [0.2, 0.25) is 0 Å². The normalized spacial score (nSPS) is 12.3. The van der Waals surface area contributed by atoms with Gasteiger partial charge in [0.1, 0.15) is 0 Å². The zero-order chi connectivity index (χ0) is 31.0. The molecule has 6 aromatic rings. The van der Waals surface area contributed by atoms with Crippen molar-refractivity contribution < 1.29 is 0 Å². The minimum absolute atomic E-state index is 1.38. The Bertz CT molecular complexity index is 2220. The van der Waals surface area contributed by atoms with Crippen molar-refractivity contribution in [3.63, 3.8) is 0 Å². The summed E-state index contributed by atoms with van der Waals surface area (Å²) in [5.74, 6) is 0. The summed E-state index contributed by atoms with van der Waals surface area (Å²) in [4.78, 5) is 0. The molecule has 0 amide bonds. The standard InChI is InChI=1S/C40H48N2/c1-17-20(4)28(12)38-33(22(17)6)35-25(9)21(5)24(8)32(40(35)42(38)16)31-26(10)29(13)39-36(30(31)14)34-23(7)18(2)19(3)27(11)37(34)41(39)15/h1-16H3. The molecule has 0 saturated heterocycles. The molecule has 0 aliphatic rings. The quantitative estimate of drug-likeness (QED) is 0.191. The Balaban J connectivity index is 1.95. The van der Waals surface area contributed by atoms with Gasteiger partial charge in [-0.15, -0.1) is 0 Å². The maximum absolute atomic E-state index is 2.53. The summed E-state index contributed by atoms with van der Waals surface area (Å²) >= 11 is 0. The second kappa shape index (κ2) is 8.99. The Hall–Kier alpha value is -3.52. The second-order valence-electron chi connectivity index (χ2n) is 13.5. The van der Waals surface area contributed by atoms with Gasteiger partial charge in [-0.25, -0.2) is 0 Å². The Labute approximate surface area is 252 Å². The summed E-state index contributed by atoms with van der Waals surface area (Å²) in [6.07, 6.45) is 0. The van der Waals surface area contributed by atoms with Crippen LogP contribution in [0.5, 0.6) is 0 Å². The van der Waals surface area contributed by atoms with E-state index in [0.29, 0.717) is 0 Å².